The highest BCUT2D eigenvalue weighted by Gasteiger charge is 2.53. The largest absolute Gasteiger partial charge is 0.398 e. The highest BCUT2D eigenvalue weighted by molar-refractivity contribution is 6.50. The first-order valence-corrected chi connectivity index (χ1v) is 8.14. The van der Waals surface area contributed by atoms with Crippen molar-refractivity contribution >= 4 is 65.3 Å². The number of nitrogen functional groups attached to an aromatic ring is 1. The van der Waals surface area contributed by atoms with Crippen LogP contribution in [-0.4, -0.2) is 52.8 Å². The number of aryl methyl sites for hydroxylation is 1. The lowest BCUT2D eigenvalue weighted by Crippen LogP contribution is -2.66. The third kappa shape index (κ3) is 2.25. The van der Waals surface area contributed by atoms with Gasteiger partial charge in [-0.25, -0.2) is 4.98 Å². The number of nitrogens with two attached hydrogens (primary N) is 1. The van der Waals surface area contributed by atoms with E-state index in [1.165, 1.54) is 4.57 Å². The number of imide groups is 1. The van der Waals surface area contributed by atoms with Crippen molar-refractivity contribution in [3.05, 3.63) is 28.3 Å². The highest BCUT2D eigenvalue weighted by Crippen LogP contribution is 2.42. The van der Waals surface area contributed by atoms with Gasteiger partial charge >= 0.3 is 0 Å². The first kappa shape index (κ1) is 17.4. The molecule has 1 aliphatic heterocycles. The molecule has 7 nitrogen and oxygen atoms in total. The second-order valence-electron chi connectivity index (χ2n) is 7.51. The fourth-order valence-corrected chi connectivity index (χ4v) is 3.65. The van der Waals surface area contributed by atoms with Crippen molar-refractivity contribution in [1.29, 1.82) is 0 Å². The van der Waals surface area contributed by atoms with Gasteiger partial charge in [-0.05, 0) is 13.0 Å². The van der Waals surface area contributed by atoms with Gasteiger partial charge < -0.3 is 5.73 Å². The Balaban J connectivity index is 2.44. The van der Waals surface area contributed by atoms with E-state index in [1.807, 2.05) is 13.9 Å². The molecule has 1 aliphatic rings. The van der Waals surface area contributed by atoms with Crippen LogP contribution < -0.4 is 22.1 Å². The Labute approximate surface area is 148 Å². The topological polar surface area (TPSA) is 107 Å². The molecule has 1 fully saturated rings. The van der Waals surface area contributed by atoms with Crippen LogP contribution in [0.1, 0.15) is 12.2 Å². The van der Waals surface area contributed by atoms with Crippen LogP contribution in [0.5, 0.6) is 0 Å². The SMILES string of the molecule is Bc1ccc(N)c2c(=O)n(C3(B)C(=O)NC(=O)CC3(B)B)c(C)nc12. The molecule has 0 radical (unpaired) electrons. The Morgan fingerprint density at radius 1 is 1.24 bits per heavy atom. The summed E-state index contributed by atoms with van der Waals surface area (Å²) in [6, 6.07) is 3.48. The number of fused-ring (bicyclic) bond motifs is 1. The number of piperidine rings is 1. The third-order valence-electron chi connectivity index (χ3n) is 5.49. The maximum absolute atomic E-state index is 13.3. The molecule has 25 heavy (non-hydrogen) atoms. The summed E-state index contributed by atoms with van der Waals surface area (Å²) in [5.41, 5.74) is 6.09. The van der Waals surface area contributed by atoms with Crippen molar-refractivity contribution in [1.82, 2.24) is 14.9 Å². The standard InChI is InChI=1S/C14H18B4N4O3/c1-5-20-10-6(15)2-3-7(19)9(10)11(24)22(5)14(18)12(25)21-8(23)4-13(14,16)17/h2-3H,4,15-19H2,1H3,(H,21,23,25). The van der Waals surface area contributed by atoms with Crippen molar-refractivity contribution in [3.63, 3.8) is 0 Å². The molecule has 1 atom stereocenters. The zero-order valence-electron chi connectivity index (χ0n) is 15.1. The molecule has 11 heteroatoms. The number of benzene rings is 1. The van der Waals surface area contributed by atoms with E-state index in [0.29, 0.717) is 22.4 Å². The van der Waals surface area contributed by atoms with Crippen molar-refractivity contribution in [2.45, 2.75) is 24.0 Å². The van der Waals surface area contributed by atoms with Crippen LogP contribution in [0, 0.1) is 6.92 Å². The van der Waals surface area contributed by atoms with E-state index in [-0.39, 0.29) is 17.9 Å². The highest BCUT2D eigenvalue weighted by atomic mass is 16.2. The second-order valence-corrected chi connectivity index (χ2v) is 7.51. The smallest absolute Gasteiger partial charge is 0.263 e. The maximum atomic E-state index is 13.3. The Kier molecular flexibility index (Phi) is 3.67. The van der Waals surface area contributed by atoms with Gasteiger partial charge in [0, 0.05) is 12.1 Å². The number of nitrogens with one attached hydrogen (secondary N) is 1. The van der Waals surface area contributed by atoms with E-state index in [1.54, 1.807) is 36.5 Å². The molecule has 0 aliphatic carbocycles. The molecule has 1 saturated heterocycles. The summed E-state index contributed by atoms with van der Waals surface area (Å²) in [7, 11) is 7.14. The molecule has 0 spiro atoms. The van der Waals surface area contributed by atoms with Gasteiger partial charge in [0.05, 0.1) is 16.3 Å². The van der Waals surface area contributed by atoms with E-state index >= 15 is 0 Å². The average Bonchev–Trinajstić information content (AvgIpc) is 2.48. The number of amides is 2. The summed E-state index contributed by atoms with van der Waals surface area (Å²) >= 11 is 0. The molecule has 3 rings (SSSR count). The van der Waals surface area contributed by atoms with Crippen molar-refractivity contribution in [3.8, 4) is 0 Å². The van der Waals surface area contributed by atoms with Crippen LogP contribution in [0.2, 0.25) is 5.21 Å². The number of nitrogens with zero attached hydrogens (tertiary/aromatic N) is 2. The minimum Gasteiger partial charge on any atom is -0.398 e. The van der Waals surface area contributed by atoms with Crippen LogP contribution in [0.25, 0.3) is 10.9 Å². The average molecular weight is 334 g/mol. The molecule has 2 aromatic rings. The maximum Gasteiger partial charge on any atom is 0.263 e. The number of carbonyl (C=O) groups excluding carboxylic acids is 2. The summed E-state index contributed by atoms with van der Waals surface area (Å²) in [4.78, 5) is 42.5. The number of carbonyl (C=O) groups is 2. The number of rotatable bonds is 1. The zero-order valence-corrected chi connectivity index (χ0v) is 15.1. The molecule has 0 bridgehead atoms. The number of hydrogen-bond acceptors (Lipinski definition) is 5. The summed E-state index contributed by atoms with van der Waals surface area (Å²) in [5, 5.41) is 1.89. The van der Waals surface area contributed by atoms with Gasteiger partial charge in [-0.2, -0.15) is 0 Å². The first-order valence-electron chi connectivity index (χ1n) is 8.14. The van der Waals surface area contributed by atoms with Crippen molar-refractivity contribution < 1.29 is 9.59 Å². The minimum atomic E-state index is -1.26. The lowest BCUT2D eigenvalue weighted by molar-refractivity contribution is -0.138. The Morgan fingerprint density at radius 3 is 2.48 bits per heavy atom. The molecule has 1 unspecified atom stereocenters. The van der Waals surface area contributed by atoms with E-state index in [4.69, 9.17) is 5.73 Å². The van der Waals surface area contributed by atoms with Gasteiger partial charge in [0.15, 0.2) is 0 Å². The monoisotopic (exact) mass is 334 g/mol. The Hall–Kier alpha value is -2.44. The first-order chi connectivity index (χ1) is 11.5. The van der Waals surface area contributed by atoms with E-state index < -0.39 is 16.6 Å². The molecule has 2 amide bonds. The van der Waals surface area contributed by atoms with Gasteiger partial charge in [0.2, 0.25) is 11.8 Å². The van der Waals surface area contributed by atoms with Crippen LogP contribution in [0.4, 0.5) is 5.69 Å². The molecule has 2 heterocycles. The summed E-state index contributed by atoms with van der Waals surface area (Å²) in [6.07, 6.45) is 0.127. The van der Waals surface area contributed by atoms with Crippen LogP contribution in [-0.2, 0) is 15.0 Å². The number of anilines is 1. The van der Waals surface area contributed by atoms with Crippen LogP contribution in [0.3, 0.4) is 0 Å². The van der Waals surface area contributed by atoms with Gasteiger partial charge in [-0.15, -0.1) is 0 Å². The number of aromatic nitrogens is 2. The van der Waals surface area contributed by atoms with Crippen molar-refractivity contribution in [2.24, 2.45) is 0 Å². The minimum absolute atomic E-state index is 0.127. The molecular weight excluding hydrogens is 315 g/mol. The third-order valence-corrected chi connectivity index (χ3v) is 5.49. The Morgan fingerprint density at radius 2 is 1.88 bits per heavy atom. The summed E-state index contributed by atoms with van der Waals surface area (Å²) in [5.74, 6) is -0.445. The Bertz CT molecular complexity index is 1000. The predicted molar refractivity (Wildman–Crippen MR) is 107 cm³/mol. The summed E-state index contributed by atoms with van der Waals surface area (Å²) < 4.78 is 1.38. The van der Waals surface area contributed by atoms with Gasteiger partial charge in [0.1, 0.15) is 37.2 Å². The lowest BCUT2D eigenvalue weighted by Gasteiger charge is -2.47. The van der Waals surface area contributed by atoms with Gasteiger partial charge in [0.25, 0.3) is 5.56 Å². The van der Waals surface area contributed by atoms with E-state index in [2.05, 4.69) is 10.3 Å². The lowest BCUT2D eigenvalue weighted by atomic mass is 9.37. The fraction of sp³-hybridized carbons (Fsp3) is 0.286. The molecule has 3 N–H and O–H groups in total. The molecule has 1 aromatic heterocycles. The van der Waals surface area contributed by atoms with Gasteiger partial charge in [-0.1, -0.05) is 16.7 Å². The molecule has 0 saturated carbocycles. The second kappa shape index (κ2) is 5.28. The van der Waals surface area contributed by atoms with Crippen molar-refractivity contribution in [2.75, 3.05) is 5.73 Å². The molecule has 124 valence electrons. The van der Waals surface area contributed by atoms with Crippen LogP contribution in [0.15, 0.2) is 16.9 Å². The van der Waals surface area contributed by atoms with E-state index in [9.17, 15) is 14.4 Å². The normalized spacial score (nSPS) is 22.8. The van der Waals surface area contributed by atoms with Crippen LogP contribution >= 0.6 is 0 Å². The predicted octanol–water partition coefficient (Wildman–Crippen LogP) is -4.74. The molecule has 1 aromatic carbocycles. The summed E-state index contributed by atoms with van der Waals surface area (Å²) in [6.45, 7) is 1.69. The van der Waals surface area contributed by atoms with E-state index in [0.717, 1.165) is 5.46 Å². The fourth-order valence-electron chi connectivity index (χ4n) is 3.65. The number of hydrogen-bond donors (Lipinski definition) is 2. The van der Waals surface area contributed by atoms with Gasteiger partial charge in [-0.3, -0.25) is 24.3 Å². The zero-order chi connectivity index (χ0) is 18.7. The quantitative estimate of drug-likeness (QED) is 0.310. The molecular formula is C14H18B4N4O3.